The molecule has 0 amide bonds. The largest absolute Gasteiger partial charge is 0.492 e. The molecule has 3 heteroatoms. The van der Waals surface area contributed by atoms with E-state index in [1.54, 1.807) is 0 Å². The molecule has 0 spiro atoms. The molecule has 118 valence electrons. The van der Waals surface area contributed by atoms with Crippen molar-refractivity contribution in [3.8, 4) is 22.7 Å². The first-order valence-corrected chi connectivity index (χ1v) is 8.05. The number of nitrogens with zero attached hydrogens (tertiary/aromatic N) is 2. The van der Waals surface area contributed by atoms with Crippen LogP contribution in [0.2, 0.25) is 0 Å². The zero-order valence-corrected chi connectivity index (χ0v) is 13.9. The number of hydrogen-bond acceptors (Lipinski definition) is 2. The van der Waals surface area contributed by atoms with Gasteiger partial charge in [0.05, 0.1) is 16.9 Å². The fourth-order valence-electron chi connectivity index (χ4n) is 2.90. The van der Waals surface area contributed by atoms with Crippen LogP contribution in [0.1, 0.15) is 30.2 Å². The molecule has 0 aliphatic carbocycles. The number of aryl methyl sites for hydroxylation is 2. The minimum atomic E-state index is 0.0961. The first kappa shape index (κ1) is 15.3. The van der Waals surface area contributed by atoms with E-state index in [1.807, 2.05) is 28.9 Å². The average Bonchev–Trinajstić information content (AvgIpc) is 2.85. The molecule has 0 atom stereocenters. The minimum absolute atomic E-state index is 0.0961. The van der Waals surface area contributed by atoms with Gasteiger partial charge in [-0.3, -0.25) is 0 Å². The molecule has 3 aromatic rings. The molecule has 0 fully saturated rings. The van der Waals surface area contributed by atoms with Gasteiger partial charge >= 0.3 is 0 Å². The molecule has 0 radical (unpaired) electrons. The van der Waals surface area contributed by atoms with E-state index < -0.39 is 0 Å². The first-order chi connectivity index (χ1) is 11.1. The predicted molar refractivity (Wildman–Crippen MR) is 94.1 cm³/mol. The van der Waals surface area contributed by atoms with E-state index in [-0.39, 0.29) is 5.88 Å². The van der Waals surface area contributed by atoms with Crippen molar-refractivity contribution >= 4 is 0 Å². The third-order valence-corrected chi connectivity index (χ3v) is 4.04. The molecular formula is C20H22N2O. The maximum absolute atomic E-state index is 10.5. The molecule has 0 bridgehead atoms. The molecule has 0 aliphatic heterocycles. The van der Waals surface area contributed by atoms with E-state index in [0.717, 1.165) is 35.3 Å². The summed E-state index contributed by atoms with van der Waals surface area (Å²) in [5, 5.41) is 14.9. The summed E-state index contributed by atoms with van der Waals surface area (Å²) in [5.74, 6) is 0.0961. The highest BCUT2D eigenvalue weighted by molar-refractivity contribution is 5.72. The van der Waals surface area contributed by atoms with Crippen molar-refractivity contribution in [1.29, 1.82) is 0 Å². The second-order valence-corrected chi connectivity index (χ2v) is 6.01. The van der Waals surface area contributed by atoms with Crippen molar-refractivity contribution in [2.45, 2.75) is 33.6 Å². The number of hydrogen-bond donors (Lipinski definition) is 1. The number of benzene rings is 2. The van der Waals surface area contributed by atoms with Crippen LogP contribution in [0, 0.1) is 13.8 Å². The zero-order chi connectivity index (χ0) is 16.4. The van der Waals surface area contributed by atoms with Crippen molar-refractivity contribution < 1.29 is 5.11 Å². The quantitative estimate of drug-likeness (QED) is 0.751. The van der Waals surface area contributed by atoms with Crippen molar-refractivity contribution in [2.24, 2.45) is 0 Å². The highest BCUT2D eigenvalue weighted by Gasteiger charge is 2.19. The molecule has 3 nitrogen and oxygen atoms in total. The van der Waals surface area contributed by atoms with E-state index in [2.05, 4.69) is 50.1 Å². The monoisotopic (exact) mass is 306 g/mol. The first-order valence-electron chi connectivity index (χ1n) is 8.05. The lowest BCUT2D eigenvalue weighted by molar-refractivity contribution is 0.449. The van der Waals surface area contributed by atoms with Gasteiger partial charge < -0.3 is 5.11 Å². The van der Waals surface area contributed by atoms with Gasteiger partial charge in [0.1, 0.15) is 0 Å². The summed E-state index contributed by atoms with van der Waals surface area (Å²) in [6.45, 7) is 6.27. The Bertz CT molecular complexity index is 816. The van der Waals surface area contributed by atoms with Crippen molar-refractivity contribution in [3.63, 3.8) is 0 Å². The Morgan fingerprint density at radius 2 is 1.74 bits per heavy atom. The Morgan fingerprint density at radius 1 is 1.00 bits per heavy atom. The minimum Gasteiger partial charge on any atom is -0.492 e. The fourth-order valence-corrected chi connectivity index (χ4v) is 2.90. The van der Waals surface area contributed by atoms with Gasteiger partial charge in [0, 0.05) is 0 Å². The third-order valence-electron chi connectivity index (χ3n) is 4.04. The summed E-state index contributed by atoms with van der Waals surface area (Å²) in [7, 11) is 0. The van der Waals surface area contributed by atoms with Crippen LogP contribution in [0.25, 0.3) is 16.8 Å². The normalized spacial score (nSPS) is 10.9. The Hall–Kier alpha value is -2.55. The Kier molecular flexibility index (Phi) is 4.20. The molecule has 23 heavy (non-hydrogen) atoms. The predicted octanol–water partition coefficient (Wildman–Crippen LogP) is 4.81. The lowest BCUT2D eigenvalue weighted by Crippen LogP contribution is -2.03. The van der Waals surface area contributed by atoms with E-state index in [4.69, 9.17) is 0 Å². The summed E-state index contributed by atoms with van der Waals surface area (Å²) in [6.07, 6.45) is 1.86. The maximum atomic E-state index is 10.5. The van der Waals surface area contributed by atoms with Crippen LogP contribution in [-0.4, -0.2) is 14.9 Å². The summed E-state index contributed by atoms with van der Waals surface area (Å²) in [5.41, 5.74) is 6.28. The maximum Gasteiger partial charge on any atom is 0.239 e. The molecular weight excluding hydrogens is 284 g/mol. The van der Waals surface area contributed by atoms with Crippen LogP contribution in [0.3, 0.4) is 0 Å². The molecule has 3 rings (SSSR count). The van der Waals surface area contributed by atoms with Crippen LogP contribution in [0.15, 0.2) is 48.5 Å². The van der Waals surface area contributed by atoms with E-state index in [1.165, 1.54) is 11.1 Å². The van der Waals surface area contributed by atoms with Gasteiger partial charge in [-0.2, -0.15) is 0 Å². The smallest absolute Gasteiger partial charge is 0.239 e. The van der Waals surface area contributed by atoms with Gasteiger partial charge in [-0.05, 0) is 43.5 Å². The van der Waals surface area contributed by atoms with Crippen molar-refractivity contribution in [3.05, 3.63) is 65.4 Å². The van der Waals surface area contributed by atoms with Gasteiger partial charge in [0.2, 0.25) is 5.88 Å². The molecule has 0 saturated carbocycles. The molecule has 0 aliphatic rings. The second kappa shape index (κ2) is 6.29. The lowest BCUT2D eigenvalue weighted by Gasteiger charge is -2.09. The molecule has 1 heterocycles. The number of aromatic hydroxyl groups is 1. The molecule has 0 unspecified atom stereocenters. The van der Waals surface area contributed by atoms with Gasteiger partial charge in [0.25, 0.3) is 0 Å². The van der Waals surface area contributed by atoms with Gasteiger partial charge in [-0.25, -0.2) is 4.68 Å². The average molecular weight is 306 g/mol. The van der Waals surface area contributed by atoms with Crippen LogP contribution in [-0.2, 0) is 6.42 Å². The second-order valence-electron chi connectivity index (χ2n) is 6.01. The molecule has 1 N–H and O–H groups in total. The van der Waals surface area contributed by atoms with Crippen LogP contribution >= 0.6 is 0 Å². The summed E-state index contributed by atoms with van der Waals surface area (Å²) < 4.78 is 1.88. The third kappa shape index (κ3) is 3.00. The summed E-state index contributed by atoms with van der Waals surface area (Å²) in [6, 6.07) is 16.4. The van der Waals surface area contributed by atoms with Crippen LogP contribution < -0.4 is 0 Å². The van der Waals surface area contributed by atoms with E-state index >= 15 is 0 Å². The SMILES string of the molecule is CCCc1c(-c2ccc(C)cc2)c(O)nn1-c1cccc(C)c1. The molecule has 1 aromatic heterocycles. The van der Waals surface area contributed by atoms with Crippen molar-refractivity contribution in [2.75, 3.05) is 0 Å². The lowest BCUT2D eigenvalue weighted by atomic mass is 10.0. The number of aromatic nitrogens is 2. The highest BCUT2D eigenvalue weighted by atomic mass is 16.3. The zero-order valence-electron chi connectivity index (χ0n) is 13.9. The summed E-state index contributed by atoms with van der Waals surface area (Å²) >= 11 is 0. The van der Waals surface area contributed by atoms with Gasteiger partial charge in [-0.1, -0.05) is 55.3 Å². The Labute approximate surface area is 137 Å². The van der Waals surface area contributed by atoms with Gasteiger partial charge in [-0.15, -0.1) is 5.10 Å². The van der Waals surface area contributed by atoms with E-state index in [9.17, 15) is 5.11 Å². The topological polar surface area (TPSA) is 38.1 Å². The van der Waals surface area contributed by atoms with E-state index in [0.29, 0.717) is 0 Å². The number of rotatable bonds is 4. The Morgan fingerprint density at radius 3 is 2.39 bits per heavy atom. The molecule has 2 aromatic carbocycles. The Balaban J connectivity index is 2.19. The fraction of sp³-hybridized carbons (Fsp3) is 0.250. The summed E-state index contributed by atoms with van der Waals surface area (Å²) in [4.78, 5) is 0. The van der Waals surface area contributed by atoms with Crippen LogP contribution in [0.4, 0.5) is 0 Å². The van der Waals surface area contributed by atoms with Gasteiger partial charge in [0.15, 0.2) is 0 Å². The highest BCUT2D eigenvalue weighted by Crippen LogP contribution is 2.34. The molecule has 0 saturated heterocycles. The van der Waals surface area contributed by atoms with Crippen LogP contribution in [0.5, 0.6) is 5.88 Å². The van der Waals surface area contributed by atoms with Crippen molar-refractivity contribution in [1.82, 2.24) is 9.78 Å². The standard InChI is InChI=1S/C20H22N2O/c1-4-6-18-19(16-11-9-14(2)10-12-16)20(23)21-22(18)17-8-5-7-15(3)13-17/h5,7-13H,4,6H2,1-3H3,(H,21,23).